The van der Waals surface area contributed by atoms with E-state index in [4.69, 9.17) is 24.2 Å². The molecule has 0 bridgehead atoms. The van der Waals surface area contributed by atoms with E-state index in [1.54, 1.807) is 17.6 Å². The van der Waals surface area contributed by atoms with E-state index in [-0.39, 0.29) is 5.91 Å². The van der Waals surface area contributed by atoms with Gasteiger partial charge in [0.25, 0.3) is 0 Å². The normalized spacial score (nSPS) is 14.1. The highest BCUT2D eigenvalue weighted by molar-refractivity contribution is 7.09. The van der Waals surface area contributed by atoms with Crippen molar-refractivity contribution in [2.45, 2.75) is 13.0 Å². The molecule has 186 valence electrons. The number of nitrogens with one attached hydrogen (secondary N) is 1. The molecular formula is C24H28N4O6S. The van der Waals surface area contributed by atoms with Gasteiger partial charge in [-0.25, -0.2) is 14.6 Å². The molecular weight excluding hydrogens is 472 g/mol. The lowest BCUT2D eigenvalue weighted by molar-refractivity contribution is -0.159. The van der Waals surface area contributed by atoms with Crippen molar-refractivity contribution in [1.29, 1.82) is 0 Å². The molecule has 3 heterocycles. The van der Waals surface area contributed by atoms with Gasteiger partial charge in [0.05, 0.1) is 19.4 Å². The van der Waals surface area contributed by atoms with Gasteiger partial charge in [-0.05, 0) is 24.1 Å². The van der Waals surface area contributed by atoms with Crippen LogP contribution >= 0.6 is 11.3 Å². The lowest BCUT2D eigenvalue weighted by Crippen LogP contribution is -2.49. The number of carboxylic acids is 2. The Bertz CT molecular complexity index is 1070. The van der Waals surface area contributed by atoms with Crippen LogP contribution in [-0.2, 0) is 27.3 Å². The van der Waals surface area contributed by atoms with Crippen LogP contribution in [0.3, 0.4) is 0 Å². The summed E-state index contributed by atoms with van der Waals surface area (Å²) < 4.78 is 5.41. The Morgan fingerprint density at radius 1 is 0.971 bits per heavy atom. The summed E-state index contributed by atoms with van der Waals surface area (Å²) in [4.78, 5) is 39.7. The fourth-order valence-corrected chi connectivity index (χ4v) is 4.29. The number of furan rings is 1. The quantitative estimate of drug-likeness (QED) is 0.397. The van der Waals surface area contributed by atoms with Crippen molar-refractivity contribution in [2.24, 2.45) is 0 Å². The number of rotatable bonds is 8. The third-order valence-electron chi connectivity index (χ3n) is 5.28. The SMILES string of the molecule is O=C(CN1CCN(Cc2nc(-c3ccco3)cs2)CC1)NCCc1ccccc1.O=C(O)C(=O)O. The van der Waals surface area contributed by atoms with Gasteiger partial charge in [-0.1, -0.05) is 30.3 Å². The maximum Gasteiger partial charge on any atom is 0.414 e. The summed E-state index contributed by atoms with van der Waals surface area (Å²) in [5.41, 5.74) is 2.15. The van der Waals surface area contributed by atoms with Crippen molar-refractivity contribution in [3.63, 3.8) is 0 Å². The molecule has 0 atom stereocenters. The van der Waals surface area contributed by atoms with E-state index in [2.05, 4.69) is 32.2 Å². The highest BCUT2D eigenvalue weighted by Gasteiger charge is 2.20. The largest absolute Gasteiger partial charge is 0.473 e. The standard InChI is InChI=1S/C22H26N4O2S.C2H2O4/c27-21(23-9-8-18-5-2-1-3-6-18)15-25-10-12-26(13-11-25)16-22-24-19(17-29-22)20-7-4-14-28-20;3-1(4)2(5)6/h1-7,14,17H,8-13,15-16H2,(H,23,27);(H,3,4)(H,5,6). The monoisotopic (exact) mass is 500 g/mol. The fourth-order valence-electron chi connectivity index (χ4n) is 3.47. The van der Waals surface area contributed by atoms with Crippen LogP contribution in [0.25, 0.3) is 11.5 Å². The summed E-state index contributed by atoms with van der Waals surface area (Å²) in [7, 11) is 0. The first-order valence-electron chi connectivity index (χ1n) is 11.1. The first-order chi connectivity index (χ1) is 16.9. The van der Waals surface area contributed by atoms with Crippen molar-refractivity contribution in [2.75, 3.05) is 39.3 Å². The second-order valence-electron chi connectivity index (χ2n) is 7.85. The molecule has 1 aromatic carbocycles. The first-order valence-corrected chi connectivity index (χ1v) is 12.0. The smallest absolute Gasteiger partial charge is 0.414 e. The number of hydrogen-bond donors (Lipinski definition) is 3. The molecule has 0 unspecified atom stereocenters. The van der Waals surface area contributed by atoms with E-state index in [1.165, 1.54) is 5.56 Å². The number of nitrogens with zero attached hydrogens (tertiary/aromatic N) is 3. The van der Waals surface area contributed by atoms with E-state index in [9.17, 15) is 4.79 Å². The number of thiazole rings is 1. The fraction of sp³-hybridized carbons (Fsp3) is 0.333. The lowest BCUT2D eigenvalue weighted by atomic mass is 10.1. The van der Waals surface area contributed by atoms with Crippen molar-refractivity contribution in [3.8, 4) is 11.5 Å². The molecule has 10 nitrogen and oxygen atoms in total. The Morgan fingerprint density at radius 2 is 1.66 bits per heavy atom. The zero-order chi connectivity index (χ0) is 25.0. The maximum atomic E-state index is 12.2. The van der Waals surface area contributed by atoms with Crippen LogP contribution in [0.15, 0.2) is 58.5 Å². The molecule has 1 saturated heterocycles. The summed E-state index contributed by atoms with van der Waals surface area (Å²) in [6.45, 7) is 5.72. The van der Waals surface area contributed by atoms with Crippen LogP contribution in [0.2, 0.25) is 0 Å². The van der Waals surface area contributed by atoms with Crippen molar-refractivity contribution in [1.82, 2.24) is 20.1 Å². The van der Waals surface area contributed by atoms with E-state index >= 15 is 0 Å². The number of carboxylic acid groups (broad SMARTS) is 2. The molecule has 0 spiro atoms. The van der Waals surface area contributed by atoms with Crippen molar-refractivity contribution >= 4 is 29.2 Å². The molecule has 11 heteroatoms. The van der Waals surface area contributed by atoms with Crippen LogP contribution < -0.4 is 5.32 Å². The number of amides is 1. The van der Waals surface area contributed by atoms with Gasteiger partial charge in [0, 0.05) is 38.1 Å². The predicted octanol–water partition coefficient (Wildman–Crippen LogP) is 2.04. The second-order valence-corrected chi connectivity index (χ2v) is 8.79. The number of benzene rings is 1. The lowest BCUT2D eigenvalue weighted by Gasteiger charge is -2.33. The van der Waals surface area contributed by atoms with Gasteiger partial charge in [0.15, 0.2) is 5.76 Å². The molecule has 1 aliphatic heterocycles. The molecule has 1 fully saturated rings. The molecule has 0 aliphatic carbocycles. The average Bonchev–Trinajstić information content (AvgIpc) is 3.54. The zero-order valence-electron chi connectivity index (χ0n) is 19.1. The Balaban J connectivity index is 0.000000509. The van der Waals surface area contributed by atoms with Gasteiger partial charge in [-0.3, -0.25) is 14.6 Å². The number of carbonyl (C=O) groups excluding carboxylic acids is 1. The second kappa shape index (κ2) is 13.4. The van der Waals surface area contributed by atoms with Gasteiger partial charge >= 0.3 is 11.9 Å². The average molecular weight is 501 g/mol. The van der Waals surface area contributed by atoms with Crippen LogP contribution in [0.5, 0.6) is 0 Å². The molecule has 2 aromatic heterocycles. The molecule has 1 amide bonds. The summed E-state index contributed by atoms with van der Waals surface area (Å²) in [5.74, 6) is -2.72. The number of carbonyl (C=O) groups is 3. The Morgan fingerprint density at radius 3 is 2.29 bits per heavy atom. The Labute approximate surface area is 206 Å². The molecule has 0 saturated carbocycles. The minimum Gasteiger partial charge on any atom is -0.473 e. The highest BCUT2D eigenvalue weighted by Crippen LogP contribution is 2.23. The van der Waals surface area contributed by atoms with Crippen LogP contribution in [0.1, 0.15) is 10.6 Å². The van der Waals surface area contributed by atoms with Gasteiger partial charge in [0.2, 0.25) is 5.91 Å². The summed E-state index contributed by atoms with van der Waals surface area (Å²) >= 11 is 1.67. The van der Waals surface area contributed by atoms with E-state index in [0.29, 0.717) is 13.1 Å². The topological polar surface area (TPSA) is 136 Å². The van der Waals surface area contributed by atoms with E-state index in [0.717, 1.165) is 55.6 Å². The molecule has 3 aromatic rings. The minimum atomic E-state index is -1.82. The number of aliphatic carboxylic acids is 2. The van der Waals surface area contributed by atoms with Crippen LogP contribution in [-0.4, -0.2) is 82.1 Å². The minimum absolute atomic E-state index is 0.109. The van der Waals surface area contributed by atoms with Gasteiger partial charge in [-0.15, -0.1) is 11.3 Å². The summed E-state index contributed by atoms with van der Waals surface area (Å²) in [6.07, 6.45) is 2.54. The molecule has 0 radical (unpaired) electrons. The number of hydrogen-bond acceptors (Lipinski definition) is 8. The third kappa shape index (κ3) is 8.96. The van der Waals surface area contributed by atoms with Crippen molar-refractivity contribution < 1.29 is 29.0 Å². The summed E-state index contributed by atoms with van der Waals surface area (Å²) in [6, 6.07) is 14.1. The van der Waals surface area contributed by atoms with Gasteiger partial charge in [0.1, 0.15) is 10.7 Å². The summed E-state index contributed by atoms with van der Waals surface area (Å²) in [5, 5.41) is 21.0. The van der Waals surface area contributed by atoms with E-state index < -0.39 is 11.9 Å². The number of aromatic nitrogens is 1. The Kier molecular flexibility index (Phi) is 9.96. The molecule has 3 N–H and O–H groups in total. The first kappa shape index (κ1) is 26.1. The molecule has 1 aliphatic rings. The van der Waals surface area contributed by atoms with Crippen molar-refractivity contribution in [3.05, 3.63) is 64.7 Å². The molecule has 4 rings (SSSR count). The van der Waals surface area contributed by atoms with Crippen LogP contribution in [0.4, 0.5) is 0 Å². The van der Waals surface area contributed by atoms with Gasteiger partial charge in [-0.2, -0.15) is 0 Å². The maximum absolute atomic E-state index is 12.2. The third-order valence-corrected chi connectivity index (χ3v) is 6.11. The van der Waals surface area contributed by atoms with E-state index in [1.807, 2.05) is 35.7 Å². The Hall–Kier alpha value is -3.54. The van der Waals surface area contributed by atoms with Crippen LogP contribution in [0, 0.1) is 0 Å². The van der Waals surface area contributed by atoms with Gasteiger partial charge < -0.3 is 19.9 Å². The molecule has 35 heavy (non-hydrogen) atoms. The highest BCUT2D eigenvalue weighted by atomic mass is 32.1. The number of piperazine rings is 1. The predicted molar refractivity (Wildman–Crippen MR) is 130 cm³/mol. The zero-order valence-corrected chi connectivity index (χ0v) is 19.9.